The minimum atomic E-state index is -3.77. The van der Waals surface area contributed by atoms with E-state index in [1.807, 2.05) is 6.92 Å². The number of sulfonamides is 1. The largest absolute Gasteiger partial charge is 0.313 e. The molecular formula is C15H23FN2O2S. The number of rotatable bonds is 9. The summed E-state index contributed by atoms with van der Waals surface area (Å²) in [5.74, 6) is 0.0691. The SMILES string of the molecule is CCNCc1ccc(F)c(S(=O)(=O)NCCCC2CC2)c1. The molecule has 0 heterocycles. The molecule has 2 N–H and O–H groups in total. The lowest BCUT2D eigenvalue weighted by molar-refractivity contribution is 0.550. The maximum atomic E-state index is 13.8. The van der Waals surface area contributed by atoms with Crippen molar-refractivity contribution in [1.82, 2.24) is 10.0 Å². The predicted octanol–water partition coefficient (Wildman–Crippen LogP) is 2.40. The van der Waals surface area contributed by atoms with Gasteiger partial charge in [0.25, 0.3) is 0 Å². The summed E-state index contributed by atoms with van der Waals surface area (Å²) in [7, 11) is -3.77. The van der Waals surface area contributed by atoms with Crippen LogP contribution in [0.2, 0.25) is 0 Å². The van der Waals surface area contributed by atoms with E-state index in [9.17, 15) is 12.8 Å². The lowest BCUT2D eigenvalue weighted by Crippen LogP contribution is -2.26. The summed E-state index contributed by atoms with van der Waals surface area (Å²) in [6.07, 6.45) is 4.37. The number of hydrogen-bond donors (Lipinski definition) is 2. The van der Waals surface area contributed by atoms with Crippen LogP contribution in [-0.2, 0) is 16.6 Å². The Labute approximate surface area is 126 Å². The Kier molecular flexibility index (Phi) is 5.72. The highest BCUT2D eigenvalue weighted by atomic mass is 32.2. The number of nitrogens with one attached hydrogen (secondary N) is 2. The van der Waals surface area contributed by atoms with Crippen molar-refractivity contribution in [2.75, 3.05) is 13.1 Å². The fourth-order valence-electron chi connectivity index (χ4n) is 2.21. The van der Waals surface area contributed by atoms with Gasteiger partial charge in [0.2, 0.25) is 10.0 Å². The van der Waals surface area contributed by atoms with Gasteiger partial charge in [-0.25, -0.2) is 17.5 Å². The molecule has 0 atom stereocenters. The van der Waals surface area contributed by atoms with Gasteiger partial charge < -0.3 is 5.32 Å². The molecule has 0 aliphatic heterocycles. The predicted molar refractivity (Wildman–Crippen MR) is 80.9 cm³/mol. The van der Waals surface area contributed by atoms with Crippen molar-refractivity contribution in [1.29, 1.82) is 0 Å². The Morgan fingerprint density at radius 3 is 2.76 bits per heavy atom. The zero-order valence-corrected chi connectivity index (χ0v) is 13.2. The van der Waals surface area contributed by atoms with Crippen LogP contribution in [-0.4, -0.2) is 21.5 Å². The van der Waals surface area contributed by atoms with Crippen LogP contribution in [0.25, 0.3) is 0 Å². The van der Waals surface area contributed by atoms with E-state index in [0.717, 1.165) is 30.9 Å². The Hall–Kier alpha value is -0.980. The molecule has 6 heteroatoms. The molecule has 0 bridgehead atoms. The molecule has 0 unspecified atom stereocenters. The van der Waals surface area contributed by atoms with Crippen molar-refractivity contribution in [3.05, 3.63) is 29.6 Å². The maximum absolute atomic E-state index is 13.8. The Bertz CT molecular complexity index is 571. The molecule has 1 saturated carbocycles. The Morgan fingerprint density at radius 1 is 1.33 bits per heavy atom. The number of benzene rings is 1. The van der Waals surface area contributed by atoms with E-state index < -0.39 is 15.8 Å². The molecule has 4 nitrogen and oxygen atoms in total. The summed E-state index contributed by atoms with van der Waals surface area (Å²) in [6, 6.07) is 4.22. The first-order valence-electron chi connectivity index (χ1n) is 7.51. The van der Waals surface area contributed by atoms with E-state index in [2.05, 4.69) is 10.0 Å². The molecule has 0 amide bonds. The molecule has 1 aromatic rings. The lowest BCUT2D eigenvalue weighted by Gasteiger charge is -2.10. The number of halogens is 1. The van der Waals surface area contributed by atoms with Gasteiger partial charge in [-0.15, -0.1) is 0 Å². The number of hydrogen-bond acceptors (Lipinski definition) is 3. The van der Waals surface area contributed by atoms with Crippen LogP contribution in [0.3, 0.4) is 0 Å². The van der Waals surface area contributed by atoms with Gasteiger partial charge in [-0.1, -0.05) is 25.8 Å². The fraction of sp³-hybridized carbons (Fsp3) is 0.600. The van der Waals surface area contributed by atoms with Crippen LogP contribution in [0.5, 0.6) is 0 Å². The minimum Gasteiger partial charge on any atom is -0.313 e. The zero-order valence-electron chi connectivity index (χ0n) is 12.4. The molecule has 1 fully saturated rings. The Morgan fingerprint density at radius 2 is 2.10 bits per heavy atom. The van der Waals surface area contributed by atoms with E-state index >= 15 is 0 Å². The van der Waals surface area contributed by atoms with E-state index in [0.29, 0.717) is 13.1 Å². The van der Waals surface area contributed by atoms with E-state index in [-0.39, 0.29) is 4.90 Å². The summed E-state index contributed by atoms with van der Waals surface area (Å²) in [5.41, 5.74) is 0.761. The summed E-state index contributed by atoms with van der Waals surface area (Å²) in [5, 5.41) is 3.10. The maximum Gasteiger partial charge on any atom is 0.243 e. The van der Waals surface area contributed by atoms with Crippen molar-refractivity contribution in [3.63, 3.8) is 0 Å². The minimum absolute atomic E-state index is 0.260. The molecule has 0 saturated heterocycles. The third kappa shape index (κ3) is 5.05. The fourth-order valence-corrected chi connectivity index (χ4v) is 3.41. The van der Waals surface area contributed by atoms with E-state index in [1.54, 1.807) is 6.07 Å². The van der Waals surface area contributed by atoms with Gasteiger partial charge in [-0.3, -0.25) is 0 Å². The normalized spacial score (nSPS) is 15.3. The van der Waals surface area contributed by atoms with Crippen LogP contribution in [0, 0.1) is 11.7 Å². The molecule has 21 heavy (non-hydrogen) atoms. The van der Waals surface area contributed by atoms with Crippen LogP contribution < -0.4 is 10.0 Å². The summed E-state index contributed by atoms with van der Waals surface area (Å²) in [6.45, 7) is 3.64. The van der Waals surface area contributed by atoms with Crippen molar-refractivity contribution < 1.29 is 12.8 Å². The molecule has 1 aliphatic rings. The molecule has 2 rings (SSSR count). The summed E-state index contributed by atoms with van der Waals surface area (Å²) >= 11 is 0. The van der Waals surface area contributed by atoms with Crippen molar-refractivity contribution in [3.8, 4) is 0 Å². The molecule has 0 radical (unpaired) electrons. The third-order valence-electron chi connectivity index (χ3n) is 3.64. The summed E-state index contributed by atoms with van der Waals surface area (Å²) in [4.78, 5) is -0.260. The standard InChI is InChI=1S/C15H23FN2O2S/c1-2-17-11-13-7-8-14(16)15(10-13)21(19,20)18-9-3-4-12-5-6-12/h7-8,10,12,17-18H,2-6,9,11H2,1H3. The first-order valence-corrected chi connectivity index (χ1v) is 9.00. The van der Waals surface area contributed by atoms with Crippen molar-refractivity contribution in [2.45, 2.75) is 44.0 Å². The van der Waals surface area contributed by atoms with Crippen LogP contribution in [0.1, 0.15) is 38.2 Å². The van der Waals surface area contributed by atoms with Gasteiger partial charge in [0.1, 0.15) is 10.7 Å². The van der Waals surface area contributed by atoms with Gasteiger partial charge in [-0.2, -0.15) is 0 Å². The second-order valence-corrected chi connectivity index (χ2v) is 7.26. The smallest absolute Gasteiger partial charge is 0.243 e. The van der Waals surface area contributed by atoms with Gasteiger partial charge in [0, 0.05) is 13.1 Å². The van der Waals surface area contributed by atoms with Gasteiger partial charge in [0.15, 0.2) is 0 Å². The van der Waals surface area contributed by atoms with E-state index in [4.69, 9.17) is 0 Å². The van der Waals surface area contributed by atoms with Crippen LogP contribution in [0.4, 0.5) is 4.39 Å². The molecular weight excluding hydrogens is 291 g/mol. The molecule has 1 aliphatic carbocycles. The molecule has 0 aromatic heterocycles. The van der Waals surface area contributed by atoms with Gasteiger partial charge in [0.05, 0.1) is 0 Å². The molecule has 0 spiro atoms. The van der Waals surface area contributed by atoms with Gasteiger partial charge >= 0.3 is 0 Å². The van der Waals surface area contributed by atoms with Crippen LogP contribution in [0.15, 0.2) is 23.1 Å². The lowest BCUT2D eigenvalue weighted by atomic mass is 10.2. The van der Waals surface area contributed by atoms with Crippen molar-refractivity contribution in [2.24, 2.45) is 5.92 Å². The van der Waals surface area contributed by atoms with E-state index in [1.165, 1.54) is 25.0 Å². The zero-order chi connectivity index (χ0) is 15.3. The topological polar surface area (TPSA) is 58.2 Å². The van der Waals surface area contributed by atoms with Crippen LogP contribution >= 0.6 is 0 Å². The highest BCUT2D eigenvalue weighted by Crippen LogP contribution is 2.33. The summed E-state index contributed by atoms with van der Waals surface area (Å²) < 4.78 is 40.6. The Balaban J connectivity index is 1.98. The third-order valence-corrected chi connectivity index (χ3v) is 5.12. The van der Waals surface area contributed by atoms with Gasteiger partial charge in [-0.05, 0) is 43.0 Å². The molecule has 1 aromatic carbocycles. The monoisotopic (exact) mass is 314 g/mol. The first kappa shape index (κ1) is 16.4. The second kappa shape index (κ2) is 7.33. The quantitative estimate of drug-likeness (QED) is 0.688. The first-order chi connectivity index (χ1) is 10.0. The molecule has 118 valence electrons. The highest BCUT2D eigenvalue weighted by molar-refractivity contribution is 7.89. The average molecular weight is 314 g/mol. The van der Waals surface area contributed by atoms with Crippen molar-refractivity contribution >= 4 is 10.0 Å². The highest BCUT2D eigenvalue weighted by Gasteiger charge is 2.22. The second-order valence-electron chi connectivity index (χ2n) is 5.53. The average Bonchev–Trinajstić information content (AvgIpc) is 3.27.